The maximum atomic E-state index is 13.0. The molecule has 0 bridgehead atoms. The maximum absolute atomic E-state index is 13.0. The van der Waals surface area contributed by atoms with Crippen LogP contribution in [-0.4, -0.2) is 55.8 Å². The molecule has 2 aromatic rings. The van der Waals surface area contributed by atoms with Crippen molar-refractivity contribution in [1.29, 1.82) is 0 Å². The Bertz CT molecular complexity index is 904. The normalized spacial score (nSPS) is 19.0. The Morgan fingerprint density at radius 2 is 2.10 bits per heavy atom. The molecule has 0 radical (unpaired) electrons. The van der Waals surface area contributed by atoms with E-state index < -0.39 is 16.1 Å². The van der Waals surface area contributed by atoms with Crippen LogP contribution in [0.2, 0.25) is 0 Å². The van der Waals surface area contributed by atoms with Gasteiger partial charge < -0.3 is 9.73 Å². The number of amides is 1. The summed E-state index contributed by atoms with van der Waals surface area (Å²) in [5.74, 6) is 0.544. The number of furan rings is 1. The van der Waals surface area contributed by atoms with Gasteiger partial charge >= 0.3 is 0 Å². The lowest BCUT2D eigenvalue weighted by Crippen LogP contribution is -2.47. The molecule has 1 N–H and O–H groups in total. The molecule has 0 saturated carbocycles. The predicted octanol–water partition coefficient (Wildman–Crippen LogP) is 3.00. The van der Waals surface area contributed by atoms with Crippen molar-refractivity contribution in [3.05, 3.63) is 41.2 Å². The Labute approximate surface area is 176 Å². The zero-order valence-corrected chi connectivity index (χ0v) is 18.8. The lowest BCUT2D eigenvalue weighted by atomic mass is 10.1. The summed E-state index contributed by atoms with van der Waals surface area (Å²) in [7, 11) is -3.66. The lowest BCUT2D eigenvalue weighted by Gasteiger charge is -2.29. The number of nitrogens with one attached hydrogen (secondary N) is 1. The molecule has 29 heavy (non-hydrogen) atoms. The number of hydrogen-bond donors (Lipinski definition) is 1. The van der Waals surface area contributed by atoms with Crippen molar-refractivity contribution >= 4 is 27.3 Å². The van der Waals surface area contributed by atoms with E-state index in [-0.39, 0.29) is 11.9 Å². The minimum atomic E-state index is -3.66. The van der Waals surface area contributed by atoms with Gasteiger partial charge in [0.2, 0.25) is 5.91 Å². The van der Waals surface area contributed by atoms with Crippen LogP contribution in [0.5, 0.6) is 0 Å². The van der Waals surface area contributed by atoms with Gasteiger partial charge in [-0.25, -0.2) is 8.42 Å². The van der Waals surface area contributed by atoms with Crippen LogP contribution < -0.4 is 5.32 Å². The summed E-state index contributed by atoms with van der Waals surface area (Å²) in [6, 6.07) is 6.39. The number of sulfonamides is 1. The Morgan fingerprint density at radius 3 is 2.69 bits per heavy atom. The number of carbonyl (C=O) groups is 1. The molecule has 1 amide bonds. The number of aryl methyl sites for hydroxylation is 1. The predicted molar refractivity (Wildman–Crippen MR) is 113 cm³/mol. The second-order valence-electron chi connectivity index (χ2n) is 7.14. The van der Waals surface area contributed by atoms with E-state index in [1.165, 1.54) is 15.6 Å². The van der Waals surface area contributed by atoms with Crippen LogP contribution in [0.3, 0.4) is 0 Å². The fraction of sp³-hybridized carbons (Fsp3) is 0.550. The first-order valence-electron chi connectivity index (χ1n) is 10.0. The molecule has 160 valence electrons. The first kappa shape index (κ1) is 22.0. The summed E-state index contributed by atoms with van der Waals surface area (Å²) in [5.41, 5.74) is 0. The van der Waals surface area contributed by atoms with Crippen molar-refractivity contribution < 1.29 is 17.6 Å². The van der Waals surface area contributed by atoms with Crippen molar-refractivity contribution in [2.24, 2.45) is 0 Å². The number of thiophene rings is 1. The monoisotopic (exact) mass is 439 g/mol. The standard InChI is InChI=1S/C20H29N3O4S2/c1-4-22(5-2)17(18-9-7-13-27-18)14-21-20(24)16-8-6-12-23(16)29(25,26)19-11-10-15(3)28-19/h7,9-11,13,16-17H,4-6,8,12,14H2,1-3H3,(H,21,24). The van der Waals surface area contributed by atoms with Gasteiger partial charge in [0.05, 0.1) is 12.3 Å². The van der Waals surface area contributed by atoms with Crippen LogP contribution in [-0.2, 0) is 14.8 Å². The van der Waals surface area contributed by atoms with E-state index in [2.05, 4.69) is 24.1 Å². The third-order valence-corrected chi connectivity index (χ3v) is 8.76. The van der Waals surface area contributed by atoms with Crippen LogP contribution in [0.25, 0.3) is 0 Å². The number of hydrogen-bond acceptors (Lipinski definition) is 6. The average Bonchev–Trinajstić information content (AvgIpc) is 3.46. The van der Waals surface area contributed by atoms with Gasteiger partial charge in [-0.15, -0.1) is 11.3 Å². The van der Waals surface area contributed by atoms with Gasteiger partial charge in [0, 0.05) is 18.0 Å². The number of nitrogens with zero attached hydrogens (tertiary/aromatic N) is 2. The molecule has 1 aliphatic heterocycles. The molecule has 3 rings (SSSR count). The SMILES string of the molecule is CCN(CC)C(CNC(=O)C1CCCN1S(=O)(=O)c1ccc(C)s1)c1ccco1. The van der Waals surface area contributed by atoms with Gasteiger partial charge in [-0.1, -0.05) is 13.8 Å². The van der Waals surface area contributed by atoms with E-state index in [4.69, 9.17) is 4.42 Å². The van der Waals surface area contributed by atoms with Crippen LogP contribution in [0.4, 0.5) is 0 Å². The number of rotatable bonds is 9. The Kier molecular flexibility index (Phi) is 7.15. The third kappa shape index (κ3) is 4.74. The largest absolute Gasteiger partial charge is 0.468 e. The highest BCUT2D eigenvalue weighted by Gasteiger charge is 2.40. The van der Waals surface area contributed by atoms with Gasteiger partial charge in [-0.2, -0.15) is 4.31 Å². The molecule has 7 nitrogen and oxygen atoms in total. The summed E-state index contributed by atoms with van der Waals surface area (Å²) in [6.45, 7) is 8.38. The first-order chi connectivity index (χ1) is 13.9. The number of likely N-dealkylation sites (N-methyl/N-ethyl adjacent to an activating group) is 1. The van der Waals surface area contributed by atoms with Crippen molar-refractivity contribution in [1.82, 2.24) is 14.5 Å². The molecule has 2 unspecified atom stereocenters. The van der Waals surface area contributed by atoms with Crippen molar-refractivity contribution in [3.8, 4) is 0 Å². The molecule has 2 atom stereocenters. The van der Waals surface area contributed by atoms with Gasteiger partial charge in [-0.3, -0.25) is 9.69 Å². The summed E-state index contributed by atoms with van der Waals surface area (Å²) in [6.07, 6.45) is 2.84. The quantitative estimate of drug-likeness (QED) is 0.649. The van der Waals surface area contributed by atoms with Crippen molar-refractivity contribution in [2.75, 3.05) is 26.2 Å². The lowest BCUT2D eigenvalue weighted by molar-refractivity contribution is -0.124. The average molecular weight is 440 g/mol. The van der Waals surface area contributed by atoms with E-state index in [1.54, 1.807) is 18.4 Å². The second-order valence-corrected chi connectivity index (χ2v) is 10.5. The highest BCUT2D eigenvalue weighted by atomic mass is 32.2. The smallest absolute Gasteiger partial charge is 0.253 e. The van der Waals surface area contributed by atoms with E-state index in [0.717, 1.165) is 23.7 Å². The van der Waals surface area contributed by atoms with Crippen LogP contribution >= 0.6 is 11.3 Å². The molecule has 0 aliphatic carbocycles. The summed E-state index contributed by atoms with van der Waals surface area (Å²) in [5, 5.41) is 2.98. The Morgan fingerprint density at radius 1 is 1.34 bits per heavy atom. The zero-order valence-electron chi connectivity index (χ0n) is 17.1. The van der Waals surface area contributed by atoms with E-state index in [9.17, 15) is 13.2 Å². The maximum Gasteiger partial charge on any atom is 0.253 e. The summed E-state index contributed by atoms with van der Waals surface area (Å²) >= 11 is 1.24. The molecule has 1 aliphatic rings. The molecule has 1 fully saturated rings. The fourth-order valence-corrected chi connectivity index (χ4v) is 6.90. The summed E-state index contributed by atoms with van der Waals surface area (Å²) < 4.78 is 33.3. The van der Waals surface area contributed by atoms with Gasteiger partial charge in [-0.05, 0) is 57.1 Å². The molecular formula is C20H29N3O4S2. The molecule has 0 aromatic carbocycles. The Hall–Kier alpha value is -1.68. The van der Waals surface area contributed by atoms with Crippen LogP contribution in [0, 0.1) is 6.92 Å². The zero-order chi connectivity index (χ0) is 21.0. The van der Waals surface area contributed by atoms with Crippen LogP contribution in [0.15, 0.2) is 39.2 Å². The van der Waals surface area contributed by atoms with E-state index in [1.807, 2.05) is 19.1 Å². The molecular weight excluding hydrogens is 410 g/mol. The molecule has 2 aromatic heterocycles. The highest BCUT2D eigenvalue weighted by molar-refractivity contribution is 7.91. The topological polar surface area (TPSA) is 82.9 Å². The molecule has 3 heterocycles. The van der Waals surface area contributed by atoms with Crippen molar-refractivity contribution in [2.45, 2.75) is 49.9 Å². The van der Waals surface area contributed by atoms with Gasteiger partial charge in [0.15, 0.2) is 0 Å². The molecule has 1 saturated heterocycles. The van der Waals surface area contributed by atoms with Crippen LogP contribution in [0.1, 0.15) is 43.4 Å². The Balaban J connectivity index is 1.72. The van der Waals surface area contributed by atoms with Crippen molar-refractivity contribution in [3.63, 3.8) is 0 Å². The summed E-state index contributed by atoms with van der Waals surface area (Å²) in [4.78, 5) is 16.1. The third-order valence-electron chi connectivity index (χ3n) is 5.38. The fourth-order valence-electron chi connectivity index (χ4n) is 3.83. The minimum absolute atomic E-state index is 0.0876. The molecule has 9 heteroatoms. The molecule has 0 spiro atoms. The van der Waals surface area contributed by atoms with E-state index in [0.29, 0.717) is 30.1 Å². The van der Waals surface area contributed by atoms with Gasteiger partial charge in [0.25, 0.3) is 10.0 Å². The van der Waals surface area contributed by atoms with E-state index >= 15 is 0 Å². The van der Waals surface area contributed by atoms with Gasteiger partial charge in [0.1, 0.15) is 16.0 Å². The highest BCUT2D eigenvalue weighted by Crippen LogP contribution is 2.30. The minimum Gasteiger partial charge on any atom is -0.468 e. The first-order valence-corrected chi connectivity index (χ1v) is 12.3. The second kappa shape index (κ2) is 9.42. The number of carbonyl (C=O) groups excluding carboxylic acids is 1.